The molecule has 2 aromatic rings. The average molecular weight is 354 g/mol. The molecule has 1 aliphatic heterocycles. The first-order valence-electron chi connectivity index (χ1n) is 9.84. The van der Waals surface area contributed by atoms with Gasteiger partial charge in [-0.25, -0.2) is 0 Å². The molecule has 1 unspecified atom stereocenters. The van der Waals surface area contributed by atoms with Crippen molar-refractivity contribution in [3.05, 3.63) is 106 Å². The highest BCUT2D eigenvalue weighted by atomic mass is 31.1. The molecular weight excluding hydrogens is 331 g/mol. The highest BCUT2D eigenvalue weighted by molar-refractivity contribution is 7.37. The van der Waals surface area contributed by atoms with Crippen LogP contribution in [0.2, 0.25) is 0 Å². The van der Waals surface area contributed by atoms with Crippen molar-refractivity contribution in [1.82, 2.24) is 0 Å². The van der Waals surface area contributed by atoms with Crippen molar-refractivity contribution in [2.45, 2.75) is 36.8 Å². The van der Waals surface area contributed by atoms with Crippen LogP contribution >= 0.6 is 8.58 Å². The number of allylic oxidation sites excluding steroid dienone is 6. The van der Waals surface area contributed by atoms with E-state index in [2.05, 4.69) is 66.8 Å². The molecule has 3 atom stereocenters. The first kappa shape index (κ1) is 15.2. The van der Waals surface area contributed by atoms with E-state index in [1.54, 1.807) is 27.8 Å². The molecule has 0 aromatic heterocycles. The Labute approximate surface area is 157 Å². The summed E-state index contributed by atoms with van der Waals surface area (Å²) in [5.41, 5.74) is 11.6. The maximum absolute atomic E-state index is 2.54. The molecule has 0 N–H and O–H groups in total. The van der Waals surface area contributed by atoms with Crippen molar-refractivity contribution in [2.75, 3.05) is 6.16 Å². The molecule has 1 heteroatoms. The molecule has 1 spiro atoms. The van der Waals surface area contributed by atoms with E-state index in [0.717, 1.165) is 8.58 Å². The molecule has 0 fully saturated rings. The van der Waals surface area contributed by atoms with Crippen LogP contribution in [-0.4, -0.2) is 6.16 Å². The summed E-state index contributed by atoms with van der Waals surface area (Å²) >= 11 is 0. The van der Waals surface area contributed by atoms with Crippen molar-refractivity contribution in [3.8, 4) is 0 Å². The van der Waals surface area contributed by atoms with Gasteiger partial charge in [-0.3, -0.25) is 0 Å². The summed E-state index contributed by atoms with van der Waals surface area (Å²) in [5.74, 6) is 0.575. The normalized spacial score (nSPS) is 29.2. The van der Waals surface area contributed by atoms with Crippen molar-refractivity contribution >= 4 is 8.58 Å². The van der Waals surface area contributed by atoms with Crippen LogP contribution < -0.4 is 0 Å². The summed E-state index contributed by atoms with van der Waals surface area (Å²) in [6.45, 7) is 0. The fourth-order valence-electron chi connectivity index (χ4n) is 6.09. The van der Waals surface area contributed by atoms with Gasteiger partial charge in [-0.15, -0.1) is 8.58 Å². The summed E-state index contributed by atoms with van der Waals surface area (Å²) in [6, 6.07) is 18.5. The molecule has 0 saturated carbocycles. The standard InChI is InChI=1S/C25H23P/c1-2-6-17(7-3-1)22-14-19-9-5-11-21-16-26-15-20-10-4-8-18-12-13-25(22,23(18)20)24(19)21/h1-9,11-12,22,26H,10,13-16H2/t22-,25+/m1/s1. The zero-order valence-corrected chi connectivity index (χ0v) is 16.0. The van der Waals surface area contributed by atoms with Crippen LogP contribution in [0, 0.1) is 0 Å². The van der Waals surface area contributed by atoms with Crippen LogP contribution in [0.4, 0.5) is 0 Å². The molecule has 0 nitrogen and oxygen atoms in total. The predicted molar refractivity (Wildman–Crippen MR) is 111 cm³/mol. The number of benzene rings is 2. The lowest BCUT2D eigenvalue weighted by molar-refractivity contribution is 0.451. The second-order valence-electron chi connectivity index (χ2n) is 8.14. The predicted octanol–water partition coefficient (Wildman–Crippen LogP) is 6.04. The van der Waals surface area contributed by atoms with E-state index in [0.29, 0.717) is 5.92 Å². The van der Waals surface area contributed by atoms with Gasteiger partial charge in [0.2, 0.25) is 0 Å². The minimum Gasteiger partial charge on any atom is -0.113 e. The molecule has 0 radical (unpaired) electrons. The van der Waals surface area contributed by atoms with Gasteiger partial charge in [0.15, 0.2) is 0 Å². The van der Waals surface area contributed by atoms with Crippen molar-refractivity contribution in [3.63, 3.8) is 0 Å². The summed E-state index contributed by atoms with van der Waals surface area (Å²) in [5, 5.41) is 0. The largest absolute Gasteiger partial charge is 0.113 e. The molecule has 1 heterocycles. The molecule has 26 heavy (non-hydrogen) atoms. The Hall–Kier alpha value is -1.91. The van der Waals surface area contributed by atoms with Crippen LogP contribution in [0.3, 0.4) is 0 Å². The lowest BCUT2D eigenvalue weighted by Crippen LogP contribution is -2.33. The molecule has 128 valence electrons. The second kappa shape index (κ2) is 5.54. The third-order valence-corrected chi connectivity index (χ3v) is 8.26. The Balaban J connectivity index is 1.68. The first-order chi connectivity index (χ1) is 12.9. The zero-order valence-electron chi connectivity index (χ0n) is 15.0. The molecule has 0 bridgehead atoms. The number of hydrogen-bond acceptors (Lipinski definition) is 0. The van der Waals surface area contributed by atoms with Crippen molar-refractivity contribution in [2.24, 2.45) is 0 Å². The Kier molecular flexibility index (Phi) is 3.24. The maximum Gasteiger partial charge on any atom is 0.0320 e. The summed E-state index contributed by atoms with van der Waals surface area (Å²) < 4.78 is 0. The quantitative estimate of drug-likeness (QED) is 0.548. The number of hydrogen-bond donors (Lipinski definition) is 0. The van der Waals surface area contributed by atoms with Gasteiger partial charge in [-0.2, -0.15) is 0 Å². The van der Waals surface area contributed by atoms with Crippen LogP contribution in [0.1, 0.15) is 41.0 Å². The molecule has 3 aliphatic carbocycles. The van der Waals surface area contributed by atoms with Crippen LogP contribution in [0.5, 0.6) is 0 Å². The van der Waals surface area contributed by atoms with E-state index in [-0.39, 0.29) is 5.41 Å². The second-order valence-corrected chi connectivity index (χ2v) is 9.35. The van der Waals surface area contributed by atoms with Gasteiger partial charge in [0.25, 0.3) is 0 Å². The molecule has 0 saturated heterocycles. The Morgan fingerprint density at radius 2 is 1.81 bits per heavy atom. The Morgan fingerprint density at radius 1 is 0.923 bits per heavy atom. The van der Waals surface area contributed by atoms with E-state index >= 15 is 0 Å². The van der Waals surface area contributed by atoms with Gasteiger partial charge in [-0.1, -0.05) is 72.3 Å². The maximum atomic E-state index is 2.54. The third kappa shape index (κ3) is 1.89. The van der Waals surface area contributed by atoms with Gasteiger partial charge in [0, 0.05) is 11.3 Å². The molecular formula is C25H23P. The number of rotatable bonds is 1. The van der Waals surface area contributed by atoms with Gasteiger partial charge >= 0.3 is 0 Å². The monoisotopic (exact) mass is 354 g/mol. The molecule has 2 aromatic carbocycles. The highest BCUT2D eigenvalue weighted by Crippen LogP contribution is 2.63. The topological polar surface area (TPSA) is 0 Å². The lowest BCUT2D eigenvalue weighted by Gasteiger charge is -2.40. The zero-order chi connectivity index (χ0) is 17.1. The molecule has 0 amide bonds. The Morgan fingerprint density at radius 3 is 2.73 bits per heavy atom. The smallest absolute Gasteiger partial charge is 0.0320 e. The van der Waals surface area contributed by atoms with E-state index in [9.17, 15) is 0 Å². The summed E-state index contributed by atoms with van der Waals surface area (Å²) in [4.78, 5) is 0. The Bertz CT molecular complexity index is 992. The van der Waals surface area contributed by atoms with E-state index in [1.165, 1.54) is 42.7 Å². The summed E-state index contributed by atoms with van der Waals surface area (Å²) in [7, 11) is 1.02. The highest BCUT2D eigenvalue weighted by Gasteiger charge is 2.54. The fraction of sp³-hybridized carbons (Fsp3) is 0.280. The van der Waals surface area contributed by atoms with Gasteiger partial charge in [0.05, 0.1) is 0 Å². The van der Waals surface area contributed by atoms with E-state index < -0.39 is 0 Å². The third-order valence-electron chi connectivity index (χ3n) is 6.95. The van der Waals surface area contributed by atoms with Crippen LogP contribution in [0.15, 0.2) is 83.5 Å². The van der Waals surface area contributed by atoms with E-state index in [1.807, 2.05) is 0 Å². The van der Waals surface area contributed by atoms with Gasteiger partial charge in [-0.05, 0) is 65.0 Å². The van der Waals surface area contributed by atoms with Gasteiger partial charge in [0.1, 0.15) is 0 Å². The fourth-order valence-corrected chi connectivity index (χ4v) is 7.40. The SMILES string of the molecule is C1=CC2=CC[C@]34C2=C(C1)CPCc1cccc(c13)C[C@@H]4c1ccccc1. The van der Waals surface area contributed by atoms with E-state index in [4.69, 9.17) is 0 Å². The van der Waals surface area contributed by atoms with Crippen LogP contribution in [-0.2, 0) is 18.0 Å². The minimum absolute atomic E-state index is 0.188. The molecule has 6 rings (SSSR count). The van der Waals surface area contributed by atoms with Crippen molar-refractivity contribution in [1.29, 1.82) is 0 Å². The lowest BCUT2D eigenvalue weighted by atomic mass is 9.64. The minimum atomic E-state index is 0.188. The van der Waals surface area contributed by atoms with Crippen LogP contribution in [0.25, 0.3) is 0 Å². The van der Waals surface area contributed by atoms with Gasteiger partial charge < -0.3 is 0 Å². The summed E-state index contributed by atoms with van der Waals surface area (Å²) in [6.07, 6.45) is 13.4. The van der Waals surface area contributed by atoms with Crippen molar-refractivity contribution < 1.29 is 0 Å². The first-order valence-corrected chi connectivity index (χ1v) is 11.3. The molecule has 4 aliphatic rings. The average Bonchev–Trinajstić information content (AvgIpc) is 3.22.